The first-order valence-corrected chi connectivity index (χ1v) is 7.20. The van der Waals surface area contributed by atoms with Crippen LogP contribution in [0.1, 0.15) is 34.6 Å². The summed E-state index contributed by atoms with van der Waals surface area (Å²) in [5.74, 6) is 0.190. The highest BCUT2D eigenvalue weighted by Crippen LogP contribution is 2.27. The van der Waals surface area contributed by atoms with Gasteiger partial charge in [-0.15, -0.1) is 0 Å². The lowest BCUT2D eigenvalue weighted by Gasteiger charge is -2.15. The molecule has 1 amide bonds. The Morgan fingerprint density at radius 2 is 2.00 bits per heavy atom. The lowest BCUT2D eigenvalue weighted by atomic mass is 10.1. The monoisotopic (exact) mass is 317 g/mol. The van der Waals surface area contributed by atoms with Gasteiger partial charge in [-0.2, -0.15) is 0 Å². The van der Waals surface area contributed by atoms with Gasteiger partial charge in [0.2, 0.25) is 0 Å². The Bertz CT molecular complexity index is 698. The average molecular weight is 318 g/mol. The number of anilines is 1. The molecule has 0 aliphatic rings. The minimum Gasteiger partial charge on any atom is -0.489 e. The molecule has 2 aromatic rings. The van der Waals surface area contributed by atoms with E-state index in [2.05, 4.69) is 5.32 Å². The zero-order chi connectivity index (χ0) is 16.1. The number of halogens is 1. The van der Waals surface area contributed by atoms with Crippen molar-refractivity contribution in [3.05, 3.63) is 58.6 Å². The van der Waals surface area contributed by atoms with E-state index in [4.69, 9.17) is 16.3 Å². The van der Waals surface area contributed by atoms with E-state index in [1.807, 2.05) is 13.8 Å². The fourth-order valence-electron chi connectivity index (χ4n) is 1.90. The lowest BCUT2D eigenvalue weighted by Crippen LogP contribution is -2.14. The Hall–Kier alpha value is -2.33. The zero-order valence-corrected chi connectivity index (χ0v) is 13.1. The number of carbonyl (C=O) groups excluding carboxylic acids is 2. The van der Waals surface area contributed by atoms with E-state index < -0.39 is 0 Å². The number of nitrogens with one attached hydrogen (secondary N) is 1. The van der Waals surface area contributed by atoms with Crippen molar-refractivity contribution in [3.63, 3.8) is 0 Å². The maximum Gasteiger partial charge on any atom is 0.255 e. The van der Waals surface area contributed by atoms with Crippen LogP contribution in [0.15, 0.2) is 42.5 Å². The van der Waals surface area contributed by atoms with Crippen molar-refractivity contribution < 1.29 is 14.3 Å². The molecule has 0 aliphatic carbocycles. The maximum atomic E-state index is 12.3. The third-order valence-corrected chi connectivity index (χ3v) is 3.07. The van der Waals surface area contributed by atoms with Gasteiger partial charge in [0.1, 0.15) is 12.0 Å². The minimum atomic E-state index is -0.320. The van der Waals surface area contributed by atoms with Gasteiger partial charge in [-0.3, -0.25) is 9.59 Å². The van der Waals surface area contributed by atoms with Gasteiger partial charge < -0.3 is 10.1 Å². The van der Waals surface area contributed by atoms with Crippen molar-refractivity contribution in [2.45, 2.75) is 20.0 Å². The van der Waals surface area contributed by atoms with Gasteiger partial charge in [-0.25, -0.2) is 0 Å². The number of aldehydes is 1. The molecule has 0 spiro atoms. The molecule has 0 heterocycles. The number of hydrogen-bond acceptors (Lipinski definition) is 3. The number of carbonyl (C=O) groups is 2. The minimum absolute atomic E-state index is 0.0519. The summed E-state index contributed by atoms with van der Waals surface area (Å²) in [4.78, 5) is 23.2. The fraction of sp³-hybridized carbons (Fsp3) is 0.176. The van der Waals surface area contributed by atoms with Crippen molar-refractivity contribution in [1.29, 1.82) is 0 Å². The molecule has 1 N–H and O–H groups in total. The second-order valence-electron chi connectivity index (χ2n) is 5.00. The highest BCUT2D eigenvalue weighted by Gasteiger charge is 2.12. The molecule has 5 heteroatoms. The van der Waals surface area contributed by atoms with Crippen LogP contribution in [0.2, 0.25) is 5.02 Å². The van der Waals surface area contributed by atoms with Gasteiger partial charge in [0.15, 0.2) is 0 Å². The second kappa shape index (κ2) is 7.09. The first kappa shape index (κ1) is 16.0. The van der Waals surface area contributed by atoms with Gasteiger partial charge in [0.05, 0.1) is 11.8 Å². The molecular formula is C17H16ClNO3. The molecule has 0 saturated heterocycles. The molecule has 4 nitrogen and oxygen atoms in total. The normalized spacial score (nSPS) is 10.4. The third-order valence-electron chi connectivity index (χ3n) is 2.84. The molecule has 0 radical (unpaired) electrons. The Morgan fingerprint density at radius 1 is 1.23 bits per heavy atom. The molecule has 0 atom stereocenters. The van der Waals surface area contributed by atoms with Gasteiger partial charge in [-0.05, 0) is 50.2 Å². The van der Waals surface area contributed by atoms with Crippen LogP contribution in [-0.4, -0.2) is 18.3 Å². The fourth-order valence-corrected chi connectivity index (χ4v) is 2.09. The molecule has 2 rings (SSSR count). The summed E-state index contributed by atoms with van der Waals surface area (Å²) in [5.41, 5.74) is 1.33. The van der Waals surface area contributed by atoms with Crippen LogP contribution < -0.4 is 10.1 Å². The van der Waals surface area contributed by atoms with E-state index in [0.29, 0.717) is 33.9 Å². The predicted molar refractivity (Wildman–Crippen MR) is 87.0 cm³/mol. The largest absolute Gasteiger partial charge is 0.489 e. The van der Waals surface area contributed by atoms with E-state index in [1.54, 1.807) is 42.5 Å². The molecule has 0 unspecified atom stereocenters. The van der Waals surface area contributed by atoms with Crippen LogP contribution in [0, 0.1) is 0 Å². The summed E-state index contributed by atoms with van der Waals surface area (Å²) in [7, 11) is 0. The van der Waals surface area contributed by atoms with Crippen molar-refractivity contribution in [3.8, 4) is 5.75 Å². The van der Waals surface area contributed by atoms with Crippen LogP contribution in [0.5, 0.6) is 5.75 Å². The Balaban J connectivity index is 2.30. The molecule has 2 aromatic carbocycles. The number of amides is 1. The van der Waals surface area contributed by atoms with Crippen LogP contribution in [-0.2, 0) is 0 Å². The standard InChI is InChI=1S/C17H16ClNO3/c1-11(2)22-16-7-6-12(10-20)8-15(16)19-17(21)13-4-3-5-14(18)9-13/h3-11H,1-2H3,(H,19,21). The van der Waals surface area contributed by atoms with Gasteiger partial charge in [0, 0.05) is 16.1 Å². The molecule has 0 aliphatic heterocycles. The zero-order valence-electron chi connectivity index (χ0n) is 12.3. The molecule has 0 aromatic heterocycles. The van der Waals surface area contributed by atoms with E-state index in [1.165, 1.54) is 0 Å². The molecule has 0 saturated carbocycles. The highest BCUT2D eigenvalue weighted by atomic mass is 35.5. The molecule has 0 fully saturated rings. The Kier molecular flexibility index (Phi) is 5.17. The number of benzene rings is 2. The lowest BCUT2D eigenvalue weighted by molar-refractivity contribution is 0.102. The van der Waals surface area contributed by atoms with E-state index >= 15 is 0 Å². The first-order valence-electron chi connectivity index (χ1n) is 6.82. The maximum absolute atomic E-state index is 12.3. The van der Waals surface area contributed by atoms with Crippen LogP contribution in [0.4, 0.5) is 5.69 Å². The van der Waals surface area contributed by atoms with Crippen LogP contribution in [0.3, 0.4) is 0 Å². The third kappa shape index (κ3) is 4.09. The summed E-state index contributed by atoms with van der Waals surface area (Å²) < 4.78 is 5.65. The summed E-state index contributed by atoms with van der Waals surface area (Å²) in [6.45, 7) is 3.77. The topological polar surface area (TPSA) is 55.4 Å². The predicted octanol–water partition coefficient (Wildman–Crippen LogP) is 4.19. The molecule has 0 bridgehead atoms. The van der Waals surface area contributed by atoms with Crippen LogP contribution in [0.25, 0.3) is 0 Å². The van der Waals surface area contributed by atoms with E-state index in [0.717, 1.165) is 0 Å². The average Bonchev–Trinajstić information content (AvgIpc) is 2.48. The molecular weight excluding hydrogens is 302 g/mol. The van der Waals surface area contributed by atoms with Crippen LogP contribution >= 0.6 is 11.6 Å². The Morgan fingerprint density at radius 3 is 2.64 bits per heavy atom. The quantitative estimate of drug-likeness (QED) is 0.841. The first-order chi connectivity index (χ1) is 10.5. The van der Waals surface area contributed by atoms with Crippen molar-refractivity contribution >= 4 is 29.5 Å². The number of hydrogen-bond donors (Lipinski definition) is 1. The second-order valence-corrected chi connectivity index (χ2v) is 5.44. The van der Waals surface area contributed by atoms with Crippen molar-refractivity contribution in [2.24, 2.45) is 0 Å². The smallest absolute Gasteiger partial charge is 0.255 e. The van der Waals surface area contributed by atoms with Crippen molar-refractivity contribution in [2.75, 3.05) is 5.32 Å². The summed E-state index contributed by atoms with van der Waals surface area (Å²) in [6.07, 6.45) is 0.665. The van der Waals surface area contributed by atoms with E-state index in [-0.39, 0.29) is 12.0 Å². The summed E-state index contributed by atoms with van der Waals surface area (Å²) in [5, 5.41) is 3.23. The Labute approximate surface area is 134 Å². The molecule has 114 valence electrons. The highest BCUT2D eigenvalue weighted by molar-refractivity contribution is 6.31. The van der Waals surface area contributed by atoms with Gasteiger partial charge in [-0.1, -0.05) is 17.7 Å². The summed E-state index contributed by atoms with van der Waals surface area (Å²) in [6, 6.07) is 11.5. The van der Waals surface area contributed by atoms with Gasteiger partial charge >= 0.3 is 0 Å². The molecule has 22 heavy (non-hydrogen) atoms. The number of rotatable bonds is 5. The SMILES string of the molecule is CC(C)Oc1ccc(C=O)cc1NC(=O)c1cccc(Cl)c1. The number of ether oxygens (including phenoxy) is 1. The van der Waals surface area contributed by atoms with Gasteiger partial charge in [0.25, 0.3) is 5.91 Å². The van der Waals surface area contributed by atoms with E-state index in [9.17, 15) is 9.59 Å². The summed E-state index contributed by atoms with van der Waals surface area (Å²) >= 11 is 5.89. The van der Waals surface area contributed by atoms with Crippen molar-refractivity contribution in [1.82, 2.24) is 0 Å².